The number of hydrogen-bond acceptors (Lipinski definition) is 4. The SMILES string of the molecule is Cn1ncnc1CC(CO)(CO)c1cccc(Cl)c1. The van der Waals surface area contributed by atoms with Crippen LogP contribution in [0.1, 0.15) is 11.4 Å². The maximum absolute atomic E-state index is 9.75. The summed E-state index contributed by atoms with van der Waals surface area (Å²) in [5, 5.41) is 24.1. The van der Waals surface area contributed by atoms with Gasteiger partial charge in [-0.05, 0) is 17.7 Å². The standard InChI is InChI=1S/C13H16ClN3O2/c1-17-12(15-9-16-17)6-13(7-18,8-19)10-3-2-4-11(14)5-10/h2-5,9,18-19H,6-8H2,1H3. The maximum Gasteiger partial charge on any atom is 0.138 e. The summed E-state index contributed by atoms with van der Waals surface area (Å²) in [6.07, 6.45) is 1.84. The van der Waals surface area contributed by atoms with Crippen LogP contribution in [-0.2, 0) is 18.9 Å². The smallest absolute Gasteiger partial charge is 0.138 e. The van der Waals surface area contributed by atoms with Gasteiger partial charge in [0.05, 0.1) is 13.2 Å². The van der Waals surface area contributed by atoms with E-state index in [1.165, 1.54) is 6.33 Å². The number of rotatable bonds is 5. The van der Waals surface area contributed by atoms with Crippen molar-refractivity contribution in [2.75, 3.05) is 13.2 Å². The van der Waals surface area contributed by atoms with E-state index in [0.29, 0.717) is 17.3 Å². The Morgan fingerprint density at radius 3 is 2.58 bits per heavy atom. The van der Waals surface area contributed by atoms with E-state index in [9.17, 15) is 10.2 Å². The molecule has 2 N–H and O–H groups in total. The molecule has 5 nitrogen and oxygen atoms in total. The first-order valence-corrected chi connectivity index (χ1v) is 6.30. The summed E-state index contributed by atoms with van der Waals surface area (Å²) in [5.41, 5.74) is -0.0286. The minimum Gasteiger partial charge on any atom is -0.395 e. The highest BCUT2D eigenvalue weighted by Gasteiger charge is 2.33. The topological polar surface area (TPSA) is 71.2 Å². The fourth-order valence-corrected chi connectivity index (χ4v) is 2.24. The summed E-state index contributed by atoms with van der Waals surface area (Å²) in [7, 11) is 1.78. The number of aromatic nitrogens is 3. The molecule has 0 spiro atoms. The lowest BCUT2D eigenvalue weighted by atomic mass is 9.78. The van der Waals surface area contributed by atoms with Gasteiger partial charge < -0.3 is 10.2 Å². The number of aliphatic hydroxyl groups is 2. The van der Waals surface area contributed by atoms with E-state index < -0.39 is 5.41 Å². The zero-order valence-electron chi connectivity index (χ0n) is 10.6. The van der Waals surface area contributed by atoms with Crippen LogP contribution in [0.4, 0.5) is 0 Å². The molecule has 0 aliphatic heterocycles. The predicted molar refractivity (Wildman–Crippen MR) is 72.0 cm³/mol. The predicted octanol–water partition coefficient (Wildman–Crippen LogP) is 0.934. The molecule has 1 aromatic carbocycles. The van der Waals surface area contributed by atoms with E-state index in [2.05, 4.69) is 10.1 Å². The second-order valence-electron chi connectivity index (χ2n) is 4.58. The van der Waals surface area contributed by atoms with Gasteiger partial charge in [-0.15, -0.1) is 0 Å². The minimum absolute atomic E-state index is 0.198. The second kappa shape index (κ2) is 5.69. The van der Waals surface area contributed by atoms with E-state index >= 15 is 0 Å². The van der Waals surface area contributed by atoms with Gasteiger partial charge in [-0.2, -0.15) is 5.10 Å². The molecule has 0 saturated heterocycles. The van der Waals surface area contributed by atoms with Gasteiger partial charge in [-0.3, -0.25) is 4.68 Å². The quantitative estimate of drug-likeness (QED) is 0.855. The van der Waals surface area contributed by atoms with Crippen LogP contribution in [-0.4, -0.2) is 38.2 Å². The molecule has 0 radical (unpaired) electrons. The lowest BCUT2D eigenvalue weighted by molar-refractivity contribution is 0.114. The first-order chi connectivity index (χ1) is 9.11. The highest BCUT2D eigenvalue weighted by Crippen LogP contribution is 2.29. The number of halogens is 1. The minimum atomic E-state index is -0.814. The highest BCUT2D eigenvalue weighted by atomic mass is 35.5. The Hall–Kier alpha value is -1.43. The zero-order valence-corrected chi connectivity index (χ0v) is 11.4. The molecule has 1 aromatic heterocycles. The van der Waals surface area contributed by atoms with Crippen molar-refractivity contribution in [3.8, 4) is 0 Å². The molecular formula is C13H16ClN3O2. The monoisotopic (exact) mass is 281 g/mol. The molecule has 6 heteroatoms. The van der Waals surface area contributed by atoms with Crippen LogP contribution in [0, 0.1) is 0 Å². The summed E-state index contributed by atoms with van der Waals surface area (Å²) >= 11 is 5.98. The van der Waals surface area contributed by atoms with Crippen molar-refractivity contribution in [1.82, 2.24) is 14.8 Å². The Morgan fingerprint density at radius 1 is 1.32 bits per heavy atom. The third kappa shape index (κ3) is 2.78. The molecule has 0 unspecified atom stereocenters. The Balaban J connectivity index is 2.40. The van der Waals surface area contributed by atoms with Crippen molar-refractivity contribution in [2.24, 2.45) is 7.05 Å². The average molecular weight is 282 g/mol. The molecule has 102 valence electrons. The molecule has 0 atom stereocenters. The Kier molecular flexibility index (Phi) is 4.19. The number of aliphatic hydroxyl groups excluding tert-OH is 2. The van der Waals surface area contributed by atoms with Gasteiger partial charge in [0.2, 0.25) is 0 Å². The van der Waals surface area contributed by atoms with Gasteiger partial charge in [0, 0.05) is 23.9 Å². The van der Waals surface area contributed by atoms with Gasteiger partial charge in [-0.25, -0.2) is 4.98 Å². The normalized spacial score (nSPS) is 11.8. The summed E-state index contributed by atoms with van der Waals surface area (Å²) in [6, 6.07) is 7.15. The average Bonchev–Trinajstić information content (AvgIpc) is 2.81. The van der Waals surface area contributed by atoms with Crippen molar-refractivity contribution in [3.63, 3.8) is 0 Å². The molecule has 0 aliphatic rings. The van der Waals surface area contributed by atoms with Crippen LogP contribution >= 0.6 is 11.6 Å². The van der Waals surface area contributed by atoms with E-state index in [1.807, 2.05) is 6.07 Å². The number of nitrogens with zero attached hydrogens (tertiary/aromatic N) is 3. The molecule has 0 amide bonds. The fourth-order valence-electron chi connectivity index (χ4n) is 2.05. The van der Waals surface area contributed by atoms with Crippen molar-refractivity contribution in [3.05, 3.63) is 47.0 Å². The molecule has 0 fully saturated rings. The van der Waals surface area contributed by atoms with Gasteiger partial charge in [0.1, 0.15) is 12.2 Å². The Labute approximate surface area is 116 Å². The number of aryl methyl sites for hydroxylation is 1. The second-order valence-corrected chi connectivity index (χ2v) is 5.02. The third-order valence-electron chi connectivity index (χ3n) is 3.34. The molecule has 2 aromatic rings. The van der Waals surface area contributed by atoms with E-state index in [4.69, 9.17) is 11.6 Å². The fraction of sp³-hybridized carbons (Fsp3) is 0.385. The lowest BCUT2D eigenvalue weighted by Crippen LogP contribution is -2.38. The van der Waals surface area contributed by atoms with Gasteiger partial charge in [0.25, 0.3) is 0 Å². The molecule has 2 rings (SSSR count). The number of benzene rings is 1. The van der Waals surface area contributed by atoms with Gasteiger partial charge in [0.15, 0.2) is 0 Å². The summed E-state index contributed by atoms with van der Waals surface area (Å²) in [4.78, 5) is 4.14. The van der Waals surface area contributed by atoms with Crippen LogP contribution < -0.4 is 0 Å². The van der Waals surface area contributed by atoms with Crippen molar-refractivity contribution in [1.29, 1.82) is 0 Å². The lowest BCUT2D eigenvalue weighted by Gasteiger charge is -2.30. The van der Waals surface area contributed by atoms with E-state index in [1.54, 1.807) is 29.9 Å². The Bertz CT molecular complexity index is 552. The van der Waals surface area contributed by atoms with Crippen LogP contribution in [0.2, 0.25) is 5.02 Å². The first-order valence-electron chi connectivity index (χ1n) is 5.92. The summed E-state index contributed by atoms with van der Waals surface area (Å²) < 4.78 is 1.63. The molecule has 0 bridgehead atoms. The highest BCUT2D eigenvalue weighted by molar-refractivity contribution is 6.30. The van der Waals surface area contributed by atoms with Crippen LogP contribution in [0.5, 0.6) is 0 Å². The van der Waals surface area contributed by atoms with Gasteiger partial charge >= 0.3 is 0 Å². The van der Waals surface area contributed by atoms with Crippen molar-refractivity contribution >= 4 is 11.6 Å². The molecule has 1 heterocycles. The van der Waals surface area contributed by atoms with Crippen molar-refractivity contribution in [2.45, 2.75) is 11.8 Å². The summed E-state index contributed by atoms with van der Waals surface area (Å²) in [6.45, 7) is -0.395. The molecular weight excluding hydrogens is 266 g/mol. The number of hydrogen-bond donors (Lipinski definition) is 2. The van der Waals surface area contributed by atoms with Crippen LogP contribution in [0.25, 0.3) is 0 Å². The molecule has 19 heavy (non-hydrogen) atoms. The van der Waals surface area contributed by atoms with Crippen LogP contribution in [0.3, 0.4) is 0 Å². The summed E-state index contributed by atoms with van der Waals surface area (Å²) in [5.74, 6) is 0.697. The zero-order chi connectivity index (χ0) is 13.9. The Morgan fingerprint density at radius 2 is 2.05 bits per heavy atom. The third-order valence-corrected chi connectivity index (χ3v) is 3.58. The first kappa shape index (κ1) is 14.0. The maximum atomic E-state index is 9.75. The van der Waals surface area contributed by atoms with E-state index in [0.717, 1.165) is 5.56 Å². The largest absolute Gasteiger partial charge is 0.395 e. The molecule has 0 saturated carbocycles. The van der Waals surface area contributed by atoms with E-state index in [-0.39, 0.29) is 13.2 Å². The molecule has 0 aliphatic carbocycles. The van der Waals surface area contributed by atoms with Gasteiger partial charge in [-0.1, -0.05) is 23.7 Å². The van der Waals surface area contributed by atoms with Crippen molar-refractivity contribution < 1.29 is 10.2 Å². The van der Waals surface area contributed by atoms with Crippen LogP contribution in [0.15, 0.2) is 30.6 Å².